The second kappa shape index (κ2) is 7.95. The number of rotatable bonds is 4. The Morgan fingerprint density at radius 2 is 1.76 bits per heavy atom. The van der Waals surface area contributed by atoms with Gasteiger partial charge in [-0.3, -0.25) is 0 Å². The van der Waals surface area contributed by atoms with Gasteiger partial charge in [-0.25, -0.2) is 14.4 Å². The van der Waals surface area contributed by atoms with Gasteiger partial charge in [0, 0.05) is 11.5 Å². The number of benzene rings is 2. The van der Waals surface area contributed by atoms with E-state index in [1.807, 2.05) is 12.1 Å². The van der Waals surface area contributed by atoms with Gasteiger partial charge in [0.05, 0.1) is 5.39 Å². The number of hydrogen-bond acceptors (Lipinski definition) is 6. The zero-order valence-corrected chi connectivity index (χ0v) is 16.8. The van der Waals surface area contributed by atoms with Crippen LogP contribution >= 0.6 is 0 Å². The van der Waals surface area contributed by atoms with Gasteiger partial charge >= 0.3 is 17.7 Å². The molecule has 0 saturated heterocycles. The molecule has 0 unspecified atom stereocenters. The molecule has 0 aliphatic carbocycles. The summed E-state index contributed by atoms with van der Waals surface area (Å²) >= 11 is 0. The van der Waals surface area contributed by atoms with Gasteiger partial charge in [-0.15, -0.1) is 0 Å². The fourth-order valence-electron chi connectivity index (χ4n) is 2.89. The molecular formula is C22H23NO6. The van der Waals surface area contributed by atoms with Gasteiger partial charge in [-0.05, 0) is 50.8 Å². The maximum absolute atomic E-state index is 12.5. The average Bonchev–Trinajstić information content (AvgIpc) is 2.64. The lowest BCUT2D eigenvalue weighted by molar-refractivity contribution is -0.136. The first-order valence-electron chi connectivity index (χ1n) is 9.35. The zero-order chi connectivity index (χ0) is 21.2. The summed E-state index contributed by atoms with van der Waals surface area (Å²) in [6.45, 7) is 6.95. The Morgan fingerprint density at radius 3 is 2.41 bits per heavy atom. The molecule has 0 spiro atoms. The van der Waals surface area contributed by atoms with Gasteiger partial charge in [-0.1, -0.05) is 25.1 Å². The van der Waals surface area contributed by atoms with Crippen molar-refractivity contribution >= 4 is 33.8 Å². The molecule has 1 amide bonds. The van der Waals surface area contributed by atoms with Crippen LogP contribution in [0.3, 0.4) is 0 Å². The zero-order valence-electron chi connectivity index (χ0n) is 16.8. The number of carbonyl (C=O) groups is 2. The first-order valence-corrected chi connectivity index (χ1v) is 9.35. The van der Waals surface area contributed by atoms with Gasteiger partial charge < -0.3 is 19.2 Å². The molecule has 1 N–H and O–H groups in total. The van der Waals surface area contributed by atoms with Crippen LogP contribution in [0.1, 0.15) is 34.1 Å². The lowest BCUT2D eigenvalue weighted by Crippen LogP contribution is -2.44. The normalized spacial score (nSPS) is 12.6. The monoisotopic (exact) mass is 397 g/mol. The first kappa shape index (κ1) is 20.4. The minimum atomic E-state index is -0.871. The lowest BCUT2D eigenvalue weighted by atomic mass is 10.1. The fraction of sp³-hybridized carbons (Fsp3) is 0.318. The van der Waals surface area contributed by atoms with Crippen molar-refractivity contribution in [3.63, 3.8) is 0 Å². The molecule has 0 aliphatic rings. The number of nitrogens with one attached hydrogen (secondary N) is 1. The number of alkyl carbamates (subject to hydrolysis) is 1. The fourth-order valence-corrected chi connectivity index (χ4v) is 2.89. The average molecular weight is 397 g/mol. The van der Waals surface area contributed by atoms with E-state index in [0.717, 1.165) is 10.8 Å². The summed E-state index contributed by atoms with van der Waals surface area (Å²) in [6.07, 6.45) is -0.372. The van der Waals surface area contributed by atoms with Gasteiger partial charge in [0.1, 0.15) is 23.0 Å². The number of ether oxygens (including phenoxy) is 2. The summed E-state index contributed by atoms with van der Waals surface area (Å²) in [6, 6.07) is 11.1. The van der Waals surface area contributed by atoms with Crippen LogP contribution in [0.15, 0.2) is 51.7 Å². The van der Waals surface area contributed by atoms with Crippen molar-refractivity contribution in [2.75, 3.05) is 0 Å². The second-order valence-electron chi connectivity index (χ2n) is 7.62. The predicted molar refractivity (Wildman–Crippen MR) is 109 cm³/mol. The minimum absolute atomic E-state index is 0.213. The molecule has 29 heavy (non-hydrogen) atoms. The molecule has 1 atom stereocenters. The molecule has 0 aliphatic heterocycles. The highest BCUT2D eigenvalue weighted by atomic mass is 16.6. The Labute approximate surface area is 167 Å². The van der Waals surface area contributed by atoms with E-state index in [4.69, 9.17) is 13.9 Å². The van der Waals surface area contributed by atoms with Crippen molar-refractivity contribution in [2.45, 2.75) is 45.8 Å². The van der Waals surface area contributed by atoms with Gasteiger partial charge in [0.15, 0.2) is 0 Å². The highest BCUT2D eigenvalue weighted by Crippen LogP contribution is 2.26. The van der Waals surface area contributed by atoms with Crippen LogP contribution < -0.4 is 15.7 Å². The molecule has 0 saturated carbocycles. The number of carbonyl (C=O) groups excluding carboxylic acids is 2. The van der Waals surface area contributed by atoms with Crippen LogP contribution in [0, 0.1) is 0 Å². The third kappa shape index (κ3) is 4.74. The molecule has 152 valence electrons. The van der Waals surface area contributed by atoms with Crippen LogP contribution in [0.5, 0.6) is 5.75 Å². The smallest absolute Gasteiger partial charge is 0.408 e. The number of hydrogen-bond donors (Lipinski definition) is 1. The summed E-state index contributed by atoms with van der Waals surface area (Å²) in [7, 11) is 0. The third-order valence-electron chi connectivity index (χ3n) is 4.20. The van der Waals surface area contributed by atoms with E-state index in [-0.39, 0.29) is 5.75 Å². The molecule has 3 aromatic rings. The van der Waals surface area contributed by atoms with Gasteiger partial charge in [0.2, 0.25) is 0 Å². The summed E-state index contributed by atoms with van der Waals surface area (Å²) in [4.78, 5) is 36.6. The topological polar surface area (TPSA) is 94.8 Å². The molecule has 3 rings (SSSR count). The molecular weight excluding hydrogens is 374 g/mol. The Hall–Kier alpha value is -3.35. The van der Waals surface area contributed by atoms with Crippen molar-refractivity contribution < 1.29 is 23.5 Å². The molecule has 7 nitrogen and oxygen atoms in total. The predicted octanol–water partition coefficient (Wildman–Crippen LogP) is 4.15. The van der Waals surface area contributed by atoms with Crippen molar-refractivity contribution in [1.82, 2.24) is 5.32 Å². The molecule has 2 aromatic carbocycles. The van der Waals surface area contributed by atoms with Crippen LogP contribution in [0.4, 0.5) is 4.79 Å². The van der Waals surface area contributed by atoms with Crippen molar-refractivity contribution in [1.29, 1.82) is 0 Å². The minimum Gasteiger partial charge on any atom is -0.444 e. The highest BCUT2D eigenvalue weighted by molar-refractivity contribution is 6.04. The molecule has 0 bridgehead atoms. The summed E-state index contributed by atoms with van der Waals surface area (Å²) in [5.74, 6) is -0.425. The van der Waals surface area contributed by atoms with E-state index in [1.165, 1.54) is 6.07 Å². The van der Waals surface area contributed by atoms with E-state index in [0.29, 0.717) is 17.4 Å². The third-order valence-corrected chi connectivity index (χ3v) is 4.20. The molecule has 7 heteroatoms. The summed E-state index contributed by atoms with van der Waals surface area (Å²) in [5.41, 5.74) is -0.827. The largest absolute Gasteiger partial charge is 0.444 e. The Bertz CT molecular complexity index is 1130. The summed E-state index contributed by atoms with van der Waals surface area (Å²) < 4.78 is 15.9. The SMILES string of the molecule is CC[C@H](NC(=O)OC(C)(C)C)C(=O)Oc1ccc2c(c1)oc(=O)c1ccccc12. The number of amides is 1. The van der Waals surface area contributed by atoms with Crippen LogP contribution in [0.2, 0.25) is 0 Å². The number of fused-ring (bicyclic) bond motifs is 3. The molecule has 0 fully saturated rings. The Kier molecular flexibility index (Phi) is 5.59. The van der Waals surface area contributed by atoms with Crippen LogP contribution in [-0.4, -0.2) is 23.7 Å². The van der Waals surface area contributed by atoms with E-state index in [1.54, 1.807) is 52.0 Å². The lowest BCUT2D eigenvalue weighted by Gasteiger charge is -2.22. The van der Waals surface area contributed by atoms with Gasteiger partial charge in [-0.2, -0.15) is 0 Å². The Balaban J connectivity index is 1.81. The molecule has 1 aromatic heterocycles. The molecule has 1 heterocycles. The van der Waals surface area contributed by atoms with Gasteiger partial charge in [0.25, 0.3) is 0 Å². The van der Waals surface area contributed by atoms with E-state index in [9.17, 15) is 14.4 Å². The second-order valence-corrected chi connectivity index (χ2v) is 7.62. The maximum Gasteiger partial charge on any atom is 0.408 e. The Morgan fingerprint density at radius 1 is 1.07 bits per heavy atom. The quantitative estimate of drug-likeness (QED) is 0.307. The van der Waals surface area contributed by atoms with Crippen molar-refractivity contribution in [3.8, 4) is 5.75 Å². The van der Waals surface area contributed by atoms with E-state index < -0.39 is 29.3 Å². The van der Waals surface area contributed by atoms with Crippen molar-refractivity contribution in [2.24, 2.45) is 0 Å². The van der Waals surface area contributed by atoms with Crippen molar-refractivity contribution in [3.05, 3.63) is 52.9 Å². The standard InChI is InChI=1S/C22H23NO6/c1-5-17(23-21(26)29-22(2,3)4)20(25)27-13-10-11-15-14-8-6-7-9-16(14)19(24)28-18(15)12-13/h6-12,17H,5H2,1-4H3,(H,23,26)/t17-/m0/s1. The van der Waals surface area contributed by atoms with E-state index >= 15 is 0 Å². The maximum atomic E-state index is 12.5. The van der Waals surface area contributed by atoms with Crippen LogP contribution in [-0.2, 0) is 9.53 Å². The first-order chi connectivity index (χ1) is 13.7. The highest BCUT2D eigenvalue weighted by Gasteiger charge is 2.24. The summed E-state index contributed by atoms with van der Waals surface area (Å²) in [5, 5.41) is 4.48. The van der Waals surface area contributed by atoms with Crippen LogP contribution in [0.25, 0.3) is 21.7 Å². The van der Waals surface area contributed by atoms with E-state index in [2.05, 4.69) is 5.32 Å². The molecule has 0 radical (unpaired) electrons. The number of esters is 1.